The minimum Gasteiger partial charge on any atom is -0.497 e. The Bertz CT molecular complexity index is 1230. The van der Waals surface area contributed by atoms with Crippen LogP contribution in [0.2, 0.25) is 0 Å². The van der Waals surface area contributed by atoms with E-state index in [1.165, 1.54) is 0 Å². The lowest BCUT2D eigenvalue weighted by Gasteiger charge is -2.14. The van der Waals surface area contributed by atoms with Gasteiger partial charge in [-0.25, -0.2) is 4.79 Å². The highest BCUT2D eigenvalue weighted by Gasteiger charge is 2.18. The molecule has 0 bridgehead atoms. The minimum absolute atomic E-state index is 0.0745. The van der Waals surface area contributed by atoms with Crippen LogP contribution < -0.4 is 21.0 Å². The molecule has 0 unspecified atom stereocenters. The smallest absolute Gasteiger partial charge is 0.362 e. The molecule has 0 aliphatic rings. The summed E-state index contributed by atoms with van der Waals surface area (Å²) in [4.78, 5) is 25.5. The summed E-state index contributed by atoms with van der Waals surface area (Å²) in [6, 6.07) is 23.6. The standard InChI is InChI=1S/C24H20N2O4/c1-29-18-13-11-17(12-14-18)23(27)26-22-21(25-15-16-7-3-2-4-8-16)19-9-5-6-10-20(19)30-24(22)28/h2-14,25H,15H2,1H3,(H,26,27). The molecule has 150 valence electrons. The molecule has 4 rings (SSSR count). The SMILES string of the molecule is COc1ccc(C(=O)Nc2c(NCc3ccccc3)c3ccccc3oc2=O)cc1. The molecule has 30 heavy (non-hydrogen) atoms. The predicted octanol–water partition coefficient (Wildman–Crippen LogP) is 4.67. The van der Waals surface area contributed by atoms with Crippen LogP contribution in [-0.2, 0) is 6.54 Å². The van der Waals surface area contributed by atoms with Crippen LogP contribution in [0.1, 0.15) is 15.9 Å². The van der Waals surface area contributed by atoms with Gasteiger partial charge in [-0.15, -0.1) is 0 Å². The molecule has 0 radical (unpaired) electrons. The van der Waals surface area contributed by atoms with E-state index in [1.807, 2.05) is 42.5 Å². The van der Waals surface area contributed by atoms with E-state index < -0.39 is 11.5 Å². The number of fused-ring (bicyclic) bond motifs is 1. The first-order valence-electron chi connectivity index (χ1n) is 9.45. The van der Waals surface area contributed by atoms with Gasteiger partial charge in [0.05, 0.1) is 12.8 Å². The fourth-order valence-electron chi connectivity index (χ4n) is 3.16. The summed E-state index contributed by atoms with van der Waals surface area (Å²) in [5.41, 5.74) is 1.87. The molecule has 1 heterocycles. The molecular weight excluding hydrogens is 380 g/mol. The van der Waals surface area contributed by atoms with Gasteiger partial charge in [0.25, 0.3) is 5.91 Å². The number of amides is 1. The molecule has 0 saturated carbocycles. The number of anilines is 2. The molecule has 3 aromatic carbocycles. The Morgan fingerprint density at radius 1 is 0.900 bits per heavy atom. The predicted molar refractivity (Wildman–Crippen MR) is 117 cm³/mol. The fourth-order valence-corrected chi connectivity index (χ4v) is 3.16. The van der Waals surface area contributed by atoms with Gasteiger partial charge in [-0.2, -0.15) is 0 Å². The number of methoxy groups -OCH3 is 1. The lowest BCUT2D eigenvalue weighted by atomic mass is 10.1. The van der Waals surface area contributed by atoms with Gasteiger partial charge in [0.2, 0.25) is 0 Å². The second kappa shape index (κ2) is 8.53. The van der Waals surface area contributed by atoms with Crippen LogP contribution in [0.15, 0.2) is 88.1 Å². The second-order valence-electron chi connectivity index (χ2n) is 6.66. The highest BCUT2D eigenvalue weighted by atomic mass is 16.5. The Morgan fingerprint density at radius 2 is 1.60 bits per heavy atom. The highest BCUT2D eigenvalue weighted by Crippen LogP contribution is 2.29. The van der Waals surface area contributed by atoms with Crippen molar-refractivity contribution in [1.82, 2.24) is 0 Å². The first kappa shape index (κ1) is 19.3. The van der Waals surface area contributed by atoms with Crippen LogP contribution >= 0.6 is 0 Å². The zero-order chi connectivity index (χ0) is 20.9. The maximum Gasteiger partial charge on any atom is 0.362 e. The first-order valence-corrected chi connectivity index (χ1v) is 9.45. The fraction of sp³-hybridized carbons (Fsp3) is 0.0833. The number of hydrogen-bond donors (Lipinski definition) is 2. The van der Waals surface area contributed by atoms with Crippen LogP contribution in [0.4, 0.5) is 11.4 Å². The third kappa shape index (κ3) is 4.03. The van der Waals surface area contributed by atoms with Crippen molar-refractivity contribution < 1.29 is 13.9 Å². The van der Waals surface area contributed by atoms with Gasteiger partial charge in [0.1, 0.15) is 11.3 Å². The molecule has 2 N–H and O–H groups in total. The number of rotatable bonds is 6. The molecule has 0 aliphatic heterocycles. The molecule has 0 aliphatic carbocycles. The number of para-hydroxylation sites is 1. The number of carbonyl (C=O) groups is 1. The molecule has 0 saturated heterocycles. The Labute approximate surface area is 173 Å². The molecule has 6 nitrogen and oxygen atoms in total. The minimum atomic E-state index is -0.619. The largest absolute Gasteiger partial charge is 0.497 e. The number of ether oxygens (including phenoxy) is 1. The number of benzene rings is 3. The van der Waals surface area contributed by atoms with E-state index in [9.17, 15) is 9.59 Å². The average molecular weight is 400 g/mol. The van der Waals surface area contributed by atoms with Crippen molar-refractivity contribution in [3.63, 3.8) is 0 Å². The van der Waals surface area contributed by atoms with Crippen molar-refractivity contribution in [3.05, 3.63) is 100 Å². The Kier molecular flexibility index (Phi) is 5.48. The summed E-state index contributed by atoms with van der Waals surface area (Å²) in [7, 11) is 1.56. The number of carbonyl (C=O) groups excluding carboxylic acids is 1. The highest BCUT2D eigenvalue weighted by molar-refractivity contribution is 6.08. The summed E-state index contributed by atoms with van der Waals surface area (Å²) in [5.74, 6) is 0.227. The van der Waals surface area contributed by atoms with Crippen molar-refractivity contribution >= 4 is 28.3 Å². The molecular formula is C24H20N2O4. The van der Waals surface area contributed by atoms with Crippen molar-refractivity contribution in [2.75, 3.05) is 17.7 Å². The molecule has 0 fully saturated rings. The van der Waals surface area contributed by atoms with Gasteiger partial charge in [0.15, 0.2) is 5.69 Å². The van der Waals surface area contributed by atoms with E-state index in [4.69, 9.17) is 9.15 Å². The van der Waals surface area contributed by atoms with Gasteiger partial charge < -0.3 is 19.8 Å². The van der Waals surface area contributed by atoms with Crippen molar-refractivity contribution in [3.8, 4) is 5.75 Å². The van der Waals surface area contributed by atoms with Gasteiger partial charge in [-0.05, 0) is 42.0 Å². The monoisotopic (exact) mass is 400 g/mol. The van der Waals surface area contributed by atoms with Gasteiger partial charge in [0, 0.05) is 17.5 Å². The second-order valence-corrected chi connectivity index (χ2v) is 6.66. The quantitative estimate of drug-likeness (QED) is 0.460. The third-order valence-electron chi connectivity index (χ3n) is 4.72. The topological polar surface area (TPSA) is 80.6 Å². The summed E-state index contributed by atoms with van der Waals surface area (Å²) < 4.78 is 10.5. The number of hydrogen-bond acceptors (Lipinski definition) is 5. The number of nitrogens with one attached hydrogen (secondary N) is 2. The Balaban J connectivity index is 1.71. The van der Waals surface area contributed by atoms with E-state index in [-0.39, 0.29) is 5.69 Å². The molecule has 4 aromatic rings. The lowest BCUT2D eigenvalue weighted by Crippen LogP contribution is -2.20. The van der Waals surface area contributed by atoms with E-state index in [0.29, 0.717) is 34.5 Å². The van der Waals surface area contributed by atoms with Crippen LogP contribution in [0.5, 0.6) is 5.75 Å². The van der Waals surface area contributed by atoms with Gasteiger partial charge in [-0.3, -0.25) is 4.79 Å². The van der Waals surface area contributed by atoms with E-state index in [1.54, 1.807) is 43.5 Å². The van der Waals surface area contributed by atoms with Gasteiger partial charge >= 0.3 is 5.63 Å². The van der Waals surface area contributed by atoms with Crippen molar-refractivity contribution in [1.29, 1.82) is 0 Å². The Hall–Kier alpha value is -4.06. The van der Waals surface area contributed by atoms with Crippen molar-refractivity contribution in [2.45, 2.75) is 6.54 Å². The van der Waals surface area contributed by atoms with Crippen LogP contribution in [0.3, 0.4) is 0 Å². The molecule has 0 atom stereocenters. The maximum absolute atomic E-state index is 12.8. The van der Waals surface area contributed by atoms with E-state index in [2.05, 4.69) is 10.6 Å². The van der Waals surface area contributed by atoms with Crippen LogP contribution in [0, 0.1) is 0 Å². The third-order valence-corrected chi connectivity index (χ3v) is 4.72. The van der Waals surface area contributed by atoms with Crippen molar-refractivity contribution in [2.24, 2.45) is 0 Å². The molecule has 6 heteroatoms. The summed E-state index contributed by atoms with van der Waals surface area (Å²) in [6.07, 6.45) is 0. The molecule has 0 spiro atoms. The summed E-state index contributed by atoms with van der Waals surface area (Å²) in [5, 5.41) is 6.71. The summed E-state index contributed by atoms with van der Waals surface area (Å²) >= 11 is 0. The zero-order valence-electron chi connectivity index (χ0n) is 16.3. The Morgan fingerprint density at radius 3 is 2.33 bits per heavy atom. The molecule has 1 aromatic heterocycles. The summed E-state index contributed by atoms with van der Waals surface area (Å²) in [6.45, 7) is 0.486. The maximum atomic E-state index is 12.8. The zero-order valence-corrected chi connectivity index (χ0v) is 16.3. The van der Waals surface area contributed by atoms with Gasteiger partial charge in [-0.1, -0.05) is 42.5 Å². The normalized spacial score (nSPS) is 10.6. The average Bonchev–Trinajstić information content (AvgIpc) is 2.79. The van der Waals surface area contributed by atoms with E-state index >= 15 is 0 Å². The van der Waals surface area contributed by atoms with E-state index in [0.717, 1.165) is 5.56 Å². The lowest BCUT2D eigenvalue weighted by molar-refractivity contribution is 0.102. The van der Waals surface area contributed by atoms with Crippen LogP contribution in [0.25, 0.3) is 11.0 Å². The molecule has 1 amide bonds. The first-order chi connectivity index (χ1) is 14.7. The van der Waals surface area contributed by atoms with Crippen LogP contribution in [-0.4, -0.2) is 13.0 Å².